The van der Waals surface area contributed by atoms with Crippen molar-refractivity contribution in [1.29, 1.82) is 0 Å². The van der Waals surface area contributed by atoms with Crippen molar-refractivity contribution < 1.29 is 22.7 Å². The van der Waals surface area contributed by atoms with Crippen molar-refractivity contribution >= 4 is 28.3 Å². The number of alkyl halides is 3. The summed E-state index contributed by atoms with van der Waals surface area (Å²) in [5, 5.41) is 5.08. The standard InChI is InChI=1S/C24H20F3N7O2/c25-24(26,27)13-1-2-14(29-6-13)9-33(16-7-31-34(10-16)15-3-4-15)23(35)20-5-17-18-11-36-12-19(18)22(28)32-21(17)8-30-20/h1-2,5-8,10,15H,3-4,9,11-12H2,(H2,28,32). The second-order valence-corrected chi connectivity index (χ2v) is 8.87. The number of hydrogen-bond donors (Lipinski definition) is 1. The van der Waals surface area contributed by atoms with Crippen LogP contribution >= 0.6 is 0 Å². The van der Waals surface area contributed by atoms with Gasteiger partial charge in [-0.05, 0) is 36.6 Å². The summed E-state index contributed by atoms with van der Waals surface area (Å²) in [7, 11) is 0. The Morgan fingerprint density at radius 3 is 2.67 bits per heavy atom. The van der Waals surface area contributed by atoms with E-state index in [1.165, 1.54) is 17.2 Å². The van der Waals surface area contributed by atoms with Gasteiger partial charge in [-0.15, -0.1) is 0 Å². The molecule has 1 amide bonds. The van der Waals surface area contributed by atoms with Gasteiger partial charge >= 0.3 is 6.18 Å². The molecule has 2 N–H and O–H groups in total. The first-order chi connectivity index (χ1) is 17.3. The number of hydrogen-bond acceptors (Lipinski definition) is 7. The number of amides is 1. The highest BCUT2D eigenvalue weighted by molar-refractivity contribution is 6.06. The first-order valence-electron chi connectivity index (χ1n) is 11.3. The minimum absolute atomic E-state index is 0.0613. The lowest BCUT2D eigenvalue weighted by molar-refractivity contribution is -0.137. The van der Waals surface area contributed by atoms with E-state index in [1.54, 1.807) is 23.1 Å². The number of ether oxygens (including phenoxy) is 1. The van der Waals surface area contributed by atoms with Crippen LogP contribution in [0.15, 0.2) is 43.0 Å². The van der Waals surface area contributed by atoms with Crippen LogP contribution in [0, 0.1) is 0 Å². The molecule has 2 aliphatic rings. The third kappa shape index (κ3) is 4.02. The van der Waals surface area contributed by atoms with E-state index in [9.17, 15) is 18.0 Å². The molecule has 0 saturated heterocycles. The fourth-order valence-electron chi connectivity index (χ4n) is 4.26. The lowest BCUT2D eigenvalue weighted by Crippen LogP contribution is -2.31. The zero-order valence-corrected chi connectivity index (χ0v) is 18.9. The highest BCUT2D eigenvalue weighted by atomic mass is 19.4. The quantitative estimate of drug-likeness (QED) is 0.445. The Bertz CT molecular complexity index is 1480. The van der Waals surface area contributed by atoms with Gasteiger partial charge in [0.25, 0.3) is 5.91 Å². The molecule has 1 saturated carbocycles. The van der Waals surface area contributed by atoms with Crippen LogP contribution < -0.4 is 10.6 Å². The number of carbonyl (C=O) groups excluding carboxylic acids is 1. The lowest BCUT2D eigenvalue weighted by Gasteiger charge is -2.21. The molecule has 0 unspecified atom stereocenters. The molecule has 6 rings (SSSR count). The Labute approximate surface area is 202 Å². The number of nitrogen functional groups attached to an aromatic ring is 1. The van der Waals surface area contributed by atoms with E-state index in [2.05, 4.69) is 20.1 Å². The third-order valence-corrected chi connectivity index (χ3v) is 6.37. The normalized spacial score (nSPS) is 15.3. The number of nitrogens with zero attached hydrogens (tertiary/aromatic N) is 6. The van der Waals surface area contributed by atoms with Crippen molar-refractivity contribution in [1.82, 2.24) is 24.7 Å². The SMILES string of the molecule is Nc1nc2cnc(C(=O)N(Cc3ccc(C(F)(F)F)cn3)c3cnn(C4CC4)c3)cc2c2c1COC2. The molecule has 0 radical (unpaired) electrons. The number of pyridine rings is 3. The van der Waals surface area contributed by atoms with Crippen molar-refractivity contribution in [3.8, 4) is 0 Å². The van der Waals surface area contributed by atoms with Gasteiger partial charge in [-0.25, -0.2) is 9.97 Å². The first kappa shape index (κ1) is 22.4. The molecule has 4 aromatic rings. The summed E-state index contributed by atoms with van der Waals surface area (Å²) in [5.74, 6) is -0.0724. The van der Waals surface area contributed by atoms with Gasteiger partial charge in [0.15, 0.2) is 0 Å². The van der Waals surface area contributed by atoms with Crippen molar-refractivity contribution in [2.24, 2.45) is 0 Å². The van der Waals surface area contributed by atoms with E-state index in [4.69, 9.17) is 10.5 Å². The minimum Gasteiger partial charge on any atom is -0.383 e. The third-order valence-electron chi connectivity index (χ3n) is 6.37. The molecule has 9 nitrogen and oxygen atoms in total. The van der Waals surface area contributed by atoms with E-state index in [0.29, 0.717) is 35.9 Å². The number of rotatable bonds is 5. The van der Waals surface area contributed by atoms with E-state index >= 15 is 0 Å². The van der Waals surface area contributed by atoms with E-state index in [1.807, 2.05) is 0 Å². The van der Waals surface area contributed by atoms with Crippen LogP contribution in [0.3, 0.4) is 0 Å². The van der Waals surface area contributed by atoms with Crippen LogP contribution in [0.5, 0.6) is 0 Å². The van der Waals surface area contributed by atoms with Gasteiger partial charge in [0.2, 0.25) is 0 Å². The van der Waals surface area contributed by atoms with E-state index < -0.39 is 17.6 Å². The van der Waals surface area contributed by atoms with Gasteiger partial charge in [0.1, 0.15) is 11.5 Å². The van der Waals surface area contributed by atoms with Crippen LogP contribution in [0.2, 0.25) is 0 Å². The summed E-state index contributed by atoms with van der Waals surface area (Å²) in [4.78, 5) is 27.8. The number of fused-ring (bicyclic) bond motifs is 3. The molecular weight excluding hydrogens is 475 g/mol. The molecule has 4 aromatic heterocycles. The number of aromatic nitrogens is 5. The second kappa shape index (κ2) is 8.26. The van der Waals surface area contributed by atoms with Gasteiger partial charge in [-0.3, -0.25) is 19.4 Å². The van der Waals surface area contributed by atoms with Crippen molar-refractivity contribution in [3.63, 3.8) is 0 Å². The Hall–Kier alpha value is -4.06. The molecule has 0 spiro atoms. The second-order valence-electron chi connectivity index (χ2n) is 8.87. The Balaban J connectivity index is 1.37. The monoisotopic (exact) mass is 495 g/mol. The maximum atomic E-state index is 13.7. The predicted molar refractivity (Wildman–Crippen MR) is 123 cm³/mol. The topological polar surface area (TPSA) is 112 Å². The largest absolute Gasteiger partial charge is 0.417 e. The zero-order valence-electron chi connectivity index (χ0n) is 18.9. The smallest absolute Gasteiger partial charge is 0.383 e. The van der Waals surface area contributed by atoms with Gasteiger partial charge in [-0.2, -0.15) is 18.3 Å². The Morgan fingerprint density at radius 2 is 1.94 bits per heavy atom. The van der Waals surface area contributed by atoms with Gasteiger partial charge in [0.05, 0.1) is 60.7 Å². The summed E-state index contributed by atoms with van der Waals surface area (Å²) < 4.78 is 46.3. The summed E-state index contributed by atoms with van der Waals surface area (Å²) in [5.41, 5.74) is 8.33. The molecule has 0 aromatic carbocycles. The average molecular weight is 495 g/mol. The summed E-state index contributed by atoms with van der Waals surface area (Å²) in [6.45, 7) is 0.638. The average Bonchev–Trinajstić information content (AvgIpc) is 3.37. The molecule has 0 atom stereocenters. The first-order valence-corrected chi connectivity index (χ1v) is 11.3. The van der Waals surface area contributed by atoms with Crippen molar-refractivity contribution in [2.75, 3.05) is 10.6 Å². The van der Waals surface area contributed by atoms with Crippen LogP contribution in [-0.4, -0.2) is 30.6 Å². The van der Waals surface area contributed by atoms with Crippen LogP contribution in [0.1, 0.15) is 51.8 Å². The van der Waals surface area contributed by atoms with E-state index in [0.717, 1.165) is 41.6 Å². The van der Waals surface area contributed by atoms with Crippen LogP contribution in [0.4, 0.5) is 24.7 Å². The Kier molecular flexibility index (Phi) is 5.14. The predicted octanol–water partition coefficient (Wildman–Crippen LogP) is 4.03. The summed E-state index contributed by atoms with van der Waals surface area (Å²) in [6, 6.07) is 4.15. The molecule has 12 heteroatoms. The highest BCUT2D eigenvalue weighted by Crippen LogP contribution is 2.36. The number of anilines is 2. The molecule has 1 fully saturated rings. The molecule has 184 valence electrons. The molecule has 1 aliphatic carbocycles. The number of carbonyl (C=O) groups is 1. The van der Waals surface area contributed by atoms with Crippen LogP contribution in [-0.2, 0) is 30.7 Å². The van der Waals surface area contributed by atoms with Crippen LogP contribution in [0.25, 0.3) is 10.9 Å². The summed E-state index contributed by atoms with van der Waals surface area (Å²) >= 11 is 0. The van der Waals surface area contributed by atoms with Gasteiger partial charge < -0.3 is 10.5 Å². The maximum absolute atomic E-state index is 13.7. The minimum atomic E-state index is -4.50. The lowest BCUT2D eigenvalue weighted by atomic mass is 10.1. The fraction of sp³-hybridized carbons (Fsp3) is 0.292. The number of halogens is 3. The fourth-order valence-corrected chi connectivity index (χ4v) is 4.26. The van der Waals surface area contributed by atoms with Crippen molar-refractivity contribution in [2.45, 2.75) is 44.8 Å². The maximum Gasteiger partial charge on any atom is 0.417 e. The Morgan fingerprint density at radius 1 is 1.14 bits per heavy atom. The van der Waals surface area contributed by atoms with E-state index in [-0.39, 0.29) is 18.3 Å². The highest BCUT2D eigenvalue weighted by Gasteiger charge is 2.31. The van der Waals surface area contributed by atoms with Gasteiger partial charge in [0, 0.05) is 23.3 Å². The molecule has 36 heavy (non-hydrogen) atoms. The van der Waals surface area contributed by atoms with Crippen molar-refractivity contribution in [3.05, 3.63) is 71.1 Å². The number of nitrogens with two attached hydrogens (primary N) is 1. The molecule has 1 aliphatic heterocycles. The molecule has 5 heterocycles. The molecular formula is C24H20F3N7O2. The summed E-state index contributed by atoms with van der Waals surface area (Å²) in [6.07, 6.45) is 3.08. The van der Waals surface area contributed by atoms with Gasteiger partial charge in [-0.1, -0.05) is 0 Å². The zero-order chi connectivity index (χ0) is 25.0. The molecule has 0 bridgehead atoms.